The molecule has 130 valence electrons. The van der Waals surface area contributed by atoms with Crippen molar-refractivity contribution < 1.29 is 13.9 Å². The van der Waals surface area contributed by atoms with Crippen LogP contribution in [0.4, 0.5) is 0 Å². The van der Waals surface area contributed by atoms with Gasteiger partial charge in [0.2, 0.25) is 5.91 Å². The number of aromatic nitrogens is 1. The van der Waals surface area contributed by atoms with Crippen LogP contribution in [0.5, 0.6) is 5.75 Å². The van der Waals surface area contributed by atoms with E-state index >= 15 is 0 Å². The zero-order chi connectivity index (χ0) is 17.6. The molecule has 25 heavy (non-hydrogen) atoms. The molecule has 0 saturated carbocycles. The molecule has 5 nitrogen and oxygen atoms in total. The summed E-state index contributed by atoms with van der Waals surface area (Å²) >= 11 is 0. The maximum Gasteiger partial charge on any atom is 0.220 e. The summed E-state index contributed by atoms with van der Waals surface area (Å²) < 4.78 is 10.7. The lowest BCUT2D eigenvalue weighted by Gasteiger charge is -2.07. The van der Waals surface area contributed by atoms with Gasteiger partial charge in [-0.2, -0.15) is 0 Å². The van der Waals surface area contributed by atoms with Gasteiger partial charge < -0.3 is 14.5 Å². The van der Waals surface area contributed by atoms with E-state index in [2.05, 4.69) is 10.3 Å². The lowest BCUT2D eigenvalue weighted by atomic mass is 10.1. The molecule has 1 amide bonds. The number of rotatable bonds is 7. The van der Waals surface area contributed by atoms with E-state index in [9.17, 15) is 4.79 Å². The number of oxazole rings is 1. The number of benzene rings is 2. The Morgan fingerprint density at radius 3 is 2.84 bits per heavy atom. The third-order valence-corrected chi connectivity index (χ3v) is 4.07. The quantitative estimate of drug-likeness (QED) is 0.717. The number of carbonyl (C=O) groups excluding carboxylic acids is 1. The van der Waals surface area contributed by atoms with E-state index < -0.39 is 0 Å². The lowest BCUT2D eigenvalue weighted by molar-refractivity contribution is -0.121. The number of nitrogens with zero attached hydrogens (tertiary/aromatic N) is 1. The standard InChI is InChI=1S/C20H22N2O3/c1-14-22-18-8-6-16(13-19(18)25-14)10-11-21-20(23)9-7-15-4-3-5-17(12-15)24-2/h3-6,8,12-13H,7,9-11H2,1-2H3,(H,21,23). The highest BCUT2D eigenvalue weighted by molar-refractivity contribution is 5.76. The highest BCUT2D eigenvalue weighted by atomic mass is 16.5. The zero-order valence-corrected chi connectivity index (χ0v) is 14.5. The number of hydrogen-bond donors (Lipinski definition) is 1. The third kappa shape index (κ3) is 4.59. The molecule has 0 saturated heterocycles. The van der Waals surface area contributed by atoms with Crippen molar-refractivity contribution in [2.45, 2.75) is 26.2 Å². The summed E-state index contributed by atoms with van der Waals surface area (Å²) in [7, 11) is 1.64. The van der Waals surface area contributed by atoms with E-state index in [4.69, 9.17) is 9.15 Å². The number of methoxy groups -OCH3 is 1. The Bertz CT molecular complexity index is 870. The van der Waals surface area contributed by atoms with Crippen molar-refractivity contribution in [1.82, 2.24) is 10.3 Å². The van der Waals surface area contributed by atoms with Gasteiger partial charge in [-0.3, -0.25) is 4.79 Å². The molecule has 5 heteroatoms. The van der Waals surface area contributed by atoms with Crippen LogP contribution in [-0.4, -0.2) is 24.5 Å². The van der Waals surface area contributed by atoms with Crippen LogP contribution in [0, 0.1) is 6.92 Å². The van der Waals surface area contributed by atoms with Gasteiger partial charge in [-0.1, -0.05) is 18.2 Å². The molecular weight excluding hydrogens is 316 g/mol. The van der Waals surface area contributed by atoms with Crippen molar-refractivity contribution in [3.05, 3.63) is 59.5 Å². The van der Waals surface area contributed by atoms with Crippen molar-refractivity contribution in [3.63, 3.8) is 0 Å². The molecule has 3 aromatic rings. The Morgan fingerprint density at radius 2 is 2.00 bits per heavy atom. The molecule has 0 radical (unpaired) electrons. The van der Waals surface area contributed by atoms with Crippen LogP contribution in [0.3, 0.4) is 0 Å². The highest BCUT2D eigenvalue weighted by Crippen LogP contribution is 2.17. The average Bonchev–Trinajstić information content (AvgIpc) is 2.99. The Kier molecular flexibility index (Phi) is 5.33. The minimum absolute atomic E-state index is 0.0550. The number of nitrogens with one attached hydrogen (secondary N) is 1. The second kappa shape index (κ2) is 7.83. The van der Waals surface area contributed by atoms with Gasteiger partial charge in [0.1, 0.15) is 11.3 Å². The predicted octanol–water partition coefficient (Wildman–Crippen LogP) is 3.44. The summed E-state index contributed by atoms with van der Waals surface area (Å²) in [5.74, 6) is 1.54. The first-order valence-electron chi connectivity index (χ1n) is 8.40. The van der Waals surface area contributed by atoms with Crippen LogP contribution >= 0.6 is 0 Å². The lowest BCUT2D eigenvalue weighted by Crippen LogP contribution is -2.25. The van der Waals surface area contributed by atoms with Gasteiger partial charge in [-0.05, 0) is 48.2 Å². The van der Waals surface area contributed by atoms with Crippen LogP contribution in [0.1, 0.15) is 23.4 Å². The summed E-state index contributed by atoms with van der Waals surface area (Å²) in [6.07, 6.45) is 1.93. The maximum absolute atomic E-state index is 12.0. The summed E-state index contributed by atoms with van der Waals surface area (Å²) in [4.78, 5) is 16.3. The second-order valence-electron chi connectivity index (χ2n) is 5.99. The minimum atomic E-state index is 0.0550. The van der Waals surface area contributed by atoms with E-state index in [1.165, 1.54) is 0 Å². The summed E-state index contributed by atoms with van der Waals surface area (Å²) in [6, 6.07) is 13.8. The Balaban J connectivity index is 1.45. The van der Waals surface area contributed by atoms with Gasteiger partial charge in [-0.25, -0.2) is 4.98 Å². The van der Waals surface area contributed by atoms with Gasteiger partial charge in [0.15, 0.2) is 11.5 Å². The van der Waals surface area contributed by atoms with E-state index in [1.807, 2.05) is 49.4 Å². The molecule has 0 fully saturated rings. The first-order chi connectivity index (χ1) is 12.1. The van der Waals surface area contributed by atoms with E-state index in [0.717, 1.165) is 34.4 Å². The van der Waals surface area contributed by atoms with Crippen LogP contribution < -0.4 is 10.1 Å². The first-order valence-corrected chi connectivity index (χ1v) is 8.40. The number of amides is 1. The number of carbonyl (C=O) groups is 1. The smallest absolute Gasteiger partial charge is 0.220 e. The summed E-state index contributed by atoms with van der Waals surface area (Å²) in [5, 5.41) is 2.97. The van der Waals surface area contributed by atoms with Crippen LogP contribution in [0.15, 0.2) is 46.9 Å². The van der Waals surface area contributed by atoms with Crippen LogP contribution in [0.25, 0.3) is 11.1 Å². The van der Waals surface area contributed by atoms with Crippen molar-refractivity contribution in [3.8, 4) is 5.75 Å². The van der Waals surface area contributed by atoms with Crippen molar-refractivity contribution in [2.24, 2.45) is 0 Å². The summed E-state index contributed by atoms with van der Waals surface area (Å²) in [6.45, 7) is 2.44. The molecule has 1 heterocycles. The zero-order valence-electron chi connectivity index (χ0n) is 14.5. The molecule has 0 aliphatic rings. The predicted molar refractivity (Wildman–Crippen MR) is 96.8 cm³/mol. The normalized spacial score (nSPS) is 10.8. The van der Waals surface area contributed by atoms with Gasteiger partial charge >= 0.3 is 0 Å². The molecule has 1 aromatic heterocycles. The molecule has 2 aromatic carbocycles. The molecule has 0 unspecified atom stereocenters. The molecule has 3 rings (SSSR count). The van der Waals surface area contributed by atoms with E-state index in [1.54, 1.807) is 7.11 Å². The van der Waals surface area contributed by atoms with Gasteiger partial charge in [0.25, 0.3) is 0 Å². The molecular formula is C20H22N2O3. The van der Waals surface area contributed by atoms with Gasteiger partial charge in [0.05, 0.1) is 7.11 Å². The number of aryl methyl sites for hydroxylation is 2. The van der Waals surface area contributed by atoms with E-state index in [-0.39, 0.29) is 5.91 Å². The fourth-order valence-corrected chi connectivity index (χ4v) is 2.76. The molecule has 1 N–H and O–H groups in total. The average molecular weight is 338 g/mol. The second-order valence-corrected chi connectivity index (χ2v) is 5.99. The molecule has 0 atom stereocenters. The molecule has 0 bridgehead atoms. The third-order valence-electron chi connectivity index (χ3n) is 4.07. The monoisotopic (exact) mass is 338 g/mol. The number of fused-ring (bicyclic) bond motifs is 1. The Morgan fingerprint density at radius 1 is 1.16 bits per heavy atom. The molecule has 0 spiro atoms. The van der Waals surface area contributed by atoms with Crippen LogP contribution in [-0.2, 0) is 17.6 Å². The summed E-state index contributed by atoms with van der Waals surface area (Å²) in [5.41, 5.74) is 3.88. The molecule has 0 aliphatic carbocycles. The van der Waals surface area contributed by atoms with Gasteiger partial charge in [0, 0.05) is 19.9 Å². The largest absolute Gasteiger partial charge is 0.497 e. The molecule has 0 aliphatic heterocycles. The topological polar surface area (TPSA) is 64.4 Å². The van der Waals surface area contributed by atoms with Crippen LogP contribution in [0.2, 0.25) is 0 Å². The first kappa shape index (κ1) is 17.0. The van der Waals surface area contributed by atoms with Crippen molar-refractivity contribution in [2.75, 3.05) is 13.7 Å². The minimum Gasteiger partial charge on any atom is -0.497 e. The van der Waals surface area contributed by atoms with E-state index in [0.29, 0.717) is 25.3 Å². The Hall–Kier alpha value is -2.82. The van der Waals surface area contributed by atoms with Gasteiger partial charge in [-0.15, -0.1) is 0 Å². The fraction of sp³-hybridized carbons (Fsp3) is 0.300. The SMILES string of the molecule is COc1cccc(CCC(=O)NCCc2ccc3nc(C)oc3c2)c1. The number of hydrogen-bond acceptors (Lipinski definition) is 4. The highest BCUT2D eigenvalue weighted by Gasteiger charge is 2.05. The van der Waals surface area contributed by atoms with Crippen molar-refractivity contribution in [1.29, 1.82) is 0 Å². The number of ether oxygens (including phenoxy) is 1. The van der Waals surface area contributed by atoms with Crippen molar-refractivity contribution >= 4 is 17.0 Å². The fourth-order valence-electron chi connectivity index (χ4n) is 2.76. The Labute approximate surface area is 147 Å². The maximum atomic E-state index is 12.0.